The predicted molar refractivity (Wildman–Crippen MR) is 111 cm³/mol. The van der Waals surface area contributed by atoms with E-state index in [9.17, 15) is 15.3 Å². The lowest BCUT2D eigenvalue weighted by Gasteiger charge is -2.15. The Morgan fingerprint density at radius 2 is 2.00 bits per heavy atom. The second kappa shape index (κ2) is 8.51. The molecule has 0 spiro atoms. The summed E-state index contributed by atoms with van der Waals surface area (Å²) in [5, 5.41) is 21.8. The molecule has 0 bridgehead atoms. The number of carbonyl (C=O) groups excluding carboxylic acids is 1. The zero-order chi connectivity index (χ0) is 21.0. The molecule has 144 valence electrons. The van der Waals surface area contributed by atoms with Crippen molar-refractivity contribution in [2.75, 3.05) is 11.1 Å². The van der Waals surface area contributed by atoms with Gasteiger partial charge in [-0.1, -0.05) is 23.9 Å². The van der Waals surface area contributed by atoms with Gasteiger partial charge in [-0.15, -0.1) is 0 Å². The number of hydrogen-bond acceptors (Lipinski definition) is 7. The van der Waals surface area contributed by atoms with Crippen molar-refractivity contribution in [3.05, 3.63) is 59.4 Å². The molecule has 1 amide bonds. The molecule has 0 aliphatic carbocycles. The Kier molecular flexibility index (Phi) is 5.87. The van der Waals surface area contributed by atoms with Crippen LogP contribution < -0.4 is 11.1 Å². The summed E-state index contributed by atoms with van der Waals surface area (Å²) in [5.74, 6) is 0.0753. The quantitative estimate of drug-likeness (QED) is 0.614. The number of benzene rings is 1. The van der Waals surface area contributed by atoms with Crippen LogP contribution in [0.5, 0.6) is 0 Å². The first-order valence-electron chi connectivity index (χ1n) is 8.66. The average molecular weight is 403 g/mol. The highest BCUT2D eigenvalue weighted by Gasteiger charge is 2.25. The van der Waals surface area contributed by atoms with Gasteiger partial charge in [0.15, 0.2) is 0 Å². The van der Waals surface area contributed by atoms with Gasteiger partial charge in [-0.25, -0.2) is 4.98 Å². The average Bonchev–Trinajstić information content (AvgIpc) is 3.22. The Bertz CT molecular complexity index is 1140. The SMILES string of the molecule is Cc1cccc(NC(=O)C(C)Sc2nc(N)c(C#N)c(-c3ccco3)c2C#N)c1. The van der Waals surface area contributed by atoms with Gasteiger partial charge < -0.3 is 15.5 Å². The molecule has 1 unspecified atom stereocenters. The van der Waals surface area contributed by atoms with E-state index in [-0.39, 0.29) is 33.4 Å². The van der Waals surface area contributed by atoms with E-state index in [0.29, 0.717) is 11.4 Å². The molecular weight excluding hydrogens is 386 g/mol. The normalized spacial score (nSPS) is 11.3. The first-order valence-corrected chi connectivity index (χ1v) is 9.54. The second-order valence-electron chi connectivity index (χ2n) is 6.25. The fourth-order valence-corrected chi connectivity index (χ4v) is 3.66. The first-order chi connectivity index (χ1) is 13.9. The molecular formula is C21H17N5O2S. The van der Waals surface area contributed by atoms with Crippen molar-refractivity contribution in [2.24, 2.45) is 0 Å². The summed E-state index contributed by atoms with van der Waals surface area (Å²) in [6.07, 6.45) is 1.44. The molecule has 0 aliphatic heterocycles. The van der Waals surface area contributed by atoms with Gasteiger partial charge in [0.25, 0.3) is 0 Å². The maximum absolute atomic E-state index is 12.6. The summed E-state index contributed by atoms with van der Waals surface area (Å²) >= 11 is 1.09. The number of anilines is 2. The van der Waals surface area contributed by atoms with Crippen LogP contribution in [0.2, 0.25) is 0 Å². The molecule has 0 fully saturated rings. The van der Waals surface area contributed by atoms with Crippen LogP contribution in [0.1, 0.15) is 23.6 Å². The molecule has 2 aromatic heterocycles. The van der Waals surface area contributed by atoms with Crippen LogP contribution in [0, 0.1) is 29.6 Å². The Hall–Kier alpha value is -3.75. The highest BCUT2D eigenvalue weighted by atomic mass is 32.2. The van der Waals surface area contributed by atoms with E-state index in [1.165, 1.54) is 6.26 Å². The molecule has 3 aromatic rings. The summed E-state index contributed by atoms with van der Waals surface area (Å²) in [5.41, 5.74) is 8.16. The van der Waals surface area contributed by atoms with Crippen molar-refractivity contribution in [1.82, 2.24) is 4.98 Å². The third kappa shape index (κ3) is 4.23. The van der Waals surface area contributed by atoms with Crippen LogP contribution in [-0.2, 0) is 4.79 Å². The molecule has 0 saturated carbocycles. The molecule has 3 rings (SSSR count). The lowest BCUT2D eigenvalue weighted by Crippen LogP contribution is -2.22. The molecule has 2 heterocycles. The van der Waals surface area contributed by atoms with Crippen molar-refractivity contribution in [3.63, 3.8) is 0 Å². The van der Waals surface area contributed by atoms with E-state index in [0.717, 1.165) is 17.3 Å². The van der Waals surface area contributed by atoms with Crippen molar-refractivity contribution in [3.8, 4) is 23.5 Å². The van der Waals surface area contributed by atoms with E-state index in [1.54, 1.807) is 25.1 Å². The Balaban J connectivity index is 1.94. The minimum absolute atomic E-state index is 0.0216. The maximum Gasteiger partial charge on any atom is 0.237 e. The lowest BCUT2D eigenvalue weighted by atomic mass is 10.0. The number of nitrogens with two attached hydrogens (primary N) is 1. The predicted octanol–water partition coefficient (Wildman–Crippen LogP) is 4.09. The Labute approximate surface area is 172 Å². The number of pyridine rings is 1. The highest BCUT2D eigenvalue weighted by molar-refractivity contribution is 8.00. The molecule has 1 atom stereocenters. The van der Waals surface area contributed by atoms with E-state index < -0.39 is 5.25 Å². The molecule has 1 aromatic carbocycles. The number of aryl methyl sites for hydroxylation is 1. The fourth-order valence-electron chi connectivity index (χ4n) is 2.74. The van der Waals surface area contributed by atoms with Crippen LogP contribution in [0.25, 0.3) is 11.3 Å². The molecule has 0 aliphatic rings. The Morgan fingerprint density at radius 3 is 2.62 bits per heavy atom. The van der Waals surface area contributed by atoms with Crippen molar-refractivity contribution in [1.29, 1.82) is 10.5 Å². The zero-order valence-electron chi connectivity index (χ0n) is 15.8. The monoisotopic (exact) mass is 403 g/mol. The summed E-state index contributed by atoms with van der Waals surface area (Å²) in [6, 6.07) is 14.8. The zero-order valence-corrected chi connectivity index (χ0v) is 16.6. The van der Waals surface area contributed by atoms with Gasteiger partial charge in [0.2, 0.25) is 5.91 Å². The third-order valence-corrected chi connectivity index (χ3v) is 5.21. The number of rotatable bonds is 5. The van der Waals surface area contributed by atoms with Gasteiger partial charge in [-0.2, -0.15) is 10.5 Å². The number of amides is 1. The minimum atomic E-state index is -0.563. The minimum Gasteiger partial charge on any atom is -0.464 e. The summed E-state index contributed by atoms with van der Waals surface area (Å²) in [7, 11) is 0. The third-order valence-electron chi connectivity index (χ3n) is 4.13. The van der Waals surface area contributed by atoms with Crippen LogP contribution >= 0.6 is 11.8 Å². The van der Waals surface area contributed by atoms with E-state index in [2.05, 4.69) is 16.4 Å². The van der Waals surface area contributed by atoms with Crippen molar-refractivity contribution >= 4 is 29.2 Å². The molecule has 29 heavy (non-hydrogen) atoms. The Morgan fingerprint density at radius 1 is 1.24 bits per heavy atom. The first kappa shape index (κ1) is 20.0. The summed E-state index contributed by atoms with van der Waals surface area (Å²) in [4.78, 5) is 16.8. The van der Waals surface area contributed by atoms with E-state index in [1.807, 2.05) is 31.2 Å². The summed E-state index contributed by atoms with van der Waals surface area (Å²) in [6.45, 7) is 3.65. The number of hydrogen-bond donors (Lipinski definition) is 2. The number of nitriles is 2. The van der Waals surface area contributed by atoms with Crippen molar-refractivity contribution in [2.45, 2.75) is 24.1 Å². The largest absolute Gasteiger partial charge is 0.464 e. The smallest absolute Gasteiger partial charge is 0.237 e. The molecule has 3 N–H and O–H groups in total. The second-order valence-corrected chi connectivity index (χ2v) is 7.58. The number of aromatic nitrogens is 1. The van der Waals surface area contributed by atoms with E-state index >= 15 is 0 Å². The number of thioether (sulfide) groups is 1. The standard InChI is InChI=1S/C21H17N5O2S/c1-12-5-3-6-14(9-12)25-20(27)13(2)29-21-16(11-23)18(17-7-4-8-28-17)15(10-22)19(24)26-21/h3-9,13H,1-2H3,(H2,24,26)(H,25,27). The van der Waals surface area contributed by atoms with Gasteiger partial charge in [-0.05, 0) is 43.7 Å². The molecule has 7 nitrogen and oxygen atoms in total. The molecule has 0 radical (unpaired) electrons. The van der Waals surface area contributed by atoms with Gasteiger partial charge in [0, 0.05) is 5.69 Å². The van der Waals surface area contributed by atoms with Crippen molar-refractivity contribution < 1.29 is 9.21 Å². The van der Waals surface area contributed by atoms with Crippen LogP contribution in [0.4, 0.5) is 11.5 Å². The van der Waals surface area contributed by atoms with Gasteiger partial charge in [-0.3, -0.25) is 4.79 Å². The number of furan rings is 1. The van der Waals surface area contributed by atoms with Gasteiger partial charge >= 0.3 is 0 Å². The van der Waals surface area contributed by atoms with Crippen LogP contribution in [-0.4, -0.2) is 16.1 Å². The number of nitrogen functional groups attached to an aromatic ring is 1. The van der Waals surface area contributed by atoms with E-state index in [4.69, 9.17) is 10.2 Å². The number of carbonyl (C=O) groups is 1. The summed E-state index contributed by atoms with van der Waals surface area (Å²) < 4.78 is 5.38. The maximum atomic E-state index is 12.6. The van der Waals surface area contributed by atoms with Crippen LogP contribution in [0.3, 0.4) is 0 Å². The lowest BCUT2D eigenvalue weighted by molar-refractivity contribution is -0.115. The van der Waals surface area contributed by atoms with Gasteiger partial charge in [0.05, 0.1) is 22.6 Å². The van der Waals surface area contributed by atoms with Gasteiger partial charge in [0.1, 0.15) is 34.3 Å². The number of nitrogens with one attached hydrogen (secondary N) is 1. The highest BCUT2D eigenvalue weighted by Crippen LogP contribution is 2.37. The fraction of sp³-hybridized carbons (Fsp3) is 0.143. The number of nitrogens with zero attached hydrogens (tertiary/aromatic N) is 3. The topological polar surface area (TPSA) is 129 Å². The molecule has 8 heteroatoms. The molecule has 0 saturated heterocycles. The van der Waals surface area contributed by atoms with Crippen LogP contribution in [0.15, 0.2) is 52.1 Å².